The van der Waals surface area contributed by atoms with Crippen LogP contribution in [0.15, 0.2) is 23.4 Å². The topological polar surface area (TPSA) is 89.1 Å². The molecule has 20 heavy (non-hydrogen) atoms. The van der Waals surface area contributed by atoms with Gasteiger partial charge in [-0.15, -0.1) is 0 Å². The number of ether oxygens (including phenoxy) is 2. The Labute approximate surface area is 119 Å². The van der Waals surface area contributed by atoms with Gasteiger partial charge in [0, 0.05) is 19.7 Å². The number of hydrogen-bond acceptors (Lipinski definition) is 5. The lowest BCUT2D eigenvalue weighted by atomic mass is 10.1. The molecule has 0 heterocycles. The maximum absolute atomic E-state index is 8.78. The first-order valence-electron chi connectivity index (χ1n) is 6.59. The summed E-state index contributed by atoms with van der Waals surface area (Å²) in [6, 6.07) is 5.58. The van der Waals surface area contributed by atoms with E-state index in [0.717, 1.165) is 12.1 Å². The average molecular weight is 281 g/mol. The Morgan fingerprint density at radius 2 is 2.25 bits per heavy atom. The van der Waals surface area contributed by atoms with Crippen LogP contribution in [0, 0.1) is 0 Å². The molecule has 1 atom stereocenters. The minimum Gasteiger partial charge on any atom is -0.496 e. The highest BCUT2D eigenvalue weighted by Crippen LogP contribution is 2.19. The first-order valence-corrected chi connectivity index (χ1v) is 6.59. The summed E-state index contributed by atoms with van der Waals surface area (Å²) in [5.74, 6) is 0.609. The third-order valence-corrected chi connectivity index (χ3v) is 2.86. The number of methoxy groups -OCH3 is 1. The van der Waals surface area contributed by atoms with Crippen LogP contribution < -0.4 is 15.8 Å². The van der Waals surface area contributed by atoms with Crippen LogP contribution in [0.5, 0.6) is 5.75 Å². The molecule has 1 unspecified atom stereocenters. The SMILES string of the molecule is CCOC(C)CNCc1ccc(OC)c(/C(N)=N/O)c1. The van der Waals surface area contributed by atoms with Crippen LogP contribution in [0.2, 0.25) is 0 Å². The van der Waals surface area contributed by atoms with E-state index in [1.165, 1.54) is 0 Å². The summed E-state index contributed by atoms with van der Waals surface area (Å²) in [5, 5.41) is 15.1. The zero-order valence-electron chi connectivity index (χ0n) is 12.2. The number of oxime groups is 1. The van der Waals surface area contributed by atoms with Crippen LogP contribution in [0.3, 0.4) is 0 Å². The van der Waals surface area contributed by atoms with Crippen molar-refractivity contribution in [3.05, 3.63) is 29.3 Å². The highest BCUT2D eigenvalue weighted by Gasteiger charge is 2.09. The number of benzene rings is 1. The molecule has 4 N–H and O–H groups in total. The Morgan fingerprint density at radius 1 is 1.50 bits per heavy atom. The molecule has 0 spiro atoms. The van der Waals surface area contributed by atoms with E-state index in [0.29, 0.717) is 24.5 Å². The van der Waals surface area contributed by atoms with E-state index in [2.05, 4.69) is 10.5 Å². The second-order valence-electron chi connectivity index (χ2n) is 4.42. The fourth-order valence-corrected chi connectivity index (χ4v) is 1.88. The molecule has 6 nitrogen and oxygen atoms in total. The summed E-state index contributed by atoms with van der Waals surface area (Å²) >= 11 is 0. The van der Waals surface area contributed by atoms with Crippen LogP contribution in [0.1, 0.15) is 25.0 Å². The van der Waals surface area contributed by atoms with Crippen molar-refractivity contribution < 1.29 is 14.7 Å². The average Bonchev–Trinajstić information content (AvgIpc) is 2.46. The van der Waals surface area contributed by atoms with Crippen molar-refractivity contribution in [2.24, 2.45) is 10.9 Å². The molecule has 0 bridgehead atoms. The molecule has 1 aromatic carbocycles. The minimum absolute atomic E-state index is 0.0337. The van der Waals surface area contributed by atoms with Gasteiger partial charge in [-0.2, -0.15) is 0 Å². The number of nitrogens with one attached hydrogen (secondary N) is 1. The molecule has 0 aliphatic carbocycles. The fraction of sp³-hybridized carbons (Fsp3) is 0.500. The first kappa shape index (κ1) is 16.3. The second-order valence-corrected chi connectivity index (χ2v) is 4.42. The summed E-state index contributed by atoms with van der Waals surface area (Å²) in [7, 11) is 1.55. The van der Waals surface area contributed by atoms with Crippen LogP contribution in [0.4, 0.5) is 0 Å². The Bertz CT molecular complexity index is 449. The van der Waals surface area contributed by atoms with Crippen molar-refractivity contribution in [2.75, 3.05) is 20.3 Å². The largest absolute Gasteiger partial charge is 0.496 e. The van der Waals surface area contributed by atoms with Crippen molar-refractivity contribution in [1.82, 2.24) is 5.32 Å². The van der Waals surface area contributed by atoms with Gasteiger partial charge in [-0.05, 0) is 31.5 Å². The number of amidine groups is 1. The fourth-order valence-electron chi connectivity index (χ4n) is 1.88. The van der Waals surface area contributed by atoms with Gasteiger partial charge in [0.1, 0.15) is 5.75 Å². The molecule has 112 valence electrons. The second kappa shape index (κ2) is 8.39. The number of hydrogen-bond donors (Lipinski definition) is 3. The van der Waals surface area contributed by atoms with Crippen molar-refractivity contribution >= 4 is 5.84 Å². The summed E-state index contributed by atoms with van der Waals surface area (Å²) in [5.41, 5.74) is 7.24. The molecule has 1 rings (SSSR count). The number of rotatable bonds is 8. The van der Waals surface area contributed by atoms with Crippen molar-refractivity contribution in [3.63, 3.8) is 0 Å². The Kier molecular flexibility index (Phi) is 6.83. The quantitative estimate of drug-likeness (QED) is 0.289. The zero-order chi connectivity index (χ0) is 15.0. The third-order valence-electron chi connectivity index (χ3n) is 2.86. The van der Waals surface area contributed by atoms with E-state index in [1.807, 2.05) is 26.0 Å². The Balaban J connectivity index is 2.68. The van der Waals surface area contributed by atoms with E-state index < -0.39 is 0 Å². The van der Waals surface area contributed by atoms with Gasteiger partial charge in [-0.3, -0.25) is 0 Å². The van der Waals surface area contributed by atoms with E-state index >= 15 is 0 Å². The highest BCUT2D eigenvalue weighted by atomic mass is 16.5. The minimum atomic E-state index is 0.0337. The third kappa shape index (κ3) is 4.71. The monoisotopic (exact) mass is 281 g/mol. The lowest BCUT2D eigenvalue weighted by molar-refractivity contribution is 0.0759. The molecule has 0 aliphatic heterocycles. The van der Waals surface area contributed by atoms with Crippen LogP contribution in [-0.2, 0) is 11.3 Å². The van der Waals surface area contributed by atoms with E-state index in [9.17, 15) is 0 Å². The molecule has 1 aromatic rings. The maximum atomic E-state index is 8.78. The van der Waals surface area contributed by atoms with Gasteiger partial charge in [0.05, 0.1) is 18.8 Å². The molecular weight excluding hydrogens is 258 g/mol. The lowest BCUT2D eigenvalue weighted by Crippen LogP contribution is -2.26. The van der Waals surface area contributed by atoms with Crippen LogP contribution in [0.25, 0.3) is 0 Å². The summed E-state index contributed by atoms with van der Waals surface area (Å²) in [6.07, 6.45) is 0.168. The standard InChI is InChI=1S/C14H23N3O3/c1-4-20-10(2)8-16-9-11-5-6-13(19-3)12(7-11)14(15)17-18/h5-7,10,16,18H,4,8-9H2,1-3H3,(H2,15,17). The normalized spacial score (nSPS) is 13.2. The van der Waals surface area contributed by atoms with Gasteiger partial charge in [0.2, 0.25) is 0 Å². The van der Waals surface area contributed by atoms with Crippen LogP contribution in [-0.4, -0.2) is 37.4 Å². The van der Waals surface area contributed by atoms with Crippen molar-refractivity contribution in [3.8, 4) is 5.75 Å². The molecule has 0 amide bonds. The van der Waals surface area contributed by atoms with Gasteiger partial charge in [-0.1, -0.05) is 11.2 Å². The molecule has 0 radical (unpaired) electrons. The van der Waals surface area contributed by atoms with Crippen molar-refractivity contribution in [2.45, 2.75) is 26.5 Å². The molecule has 0 fully saturated rings. The lowest BCUT2D eigenvalue weighted by Gasteiger charge is -2.13. The van der Waals surface area contributed by atoms with Gasteiger partial charge in [0.25, 0.3) is 0 Å². The highest BCUT2D eigenvalue weighted by molar-refractivity contribution is 5.99. The first-order chi connectivity index (χ1) is 9.62. The van der Waals surface area contributed by atoms with E-state index in [4.69, 9.17) is 20.4 Å². The van der Waals surface area contributed by atoms with E-state index in [1.54, 1.807) is 13.2 Å². The smallest absolute Gasteiger partial charge is 0.173 e. The van der Waals surface area contributed by atoms with Crippen molar-refractivity contribution in [1.29, 1.82) is 0 Å². The molecule has 0 saturated heterocycles. The van der Waals surface area contributed by atoms with Gasteiger partial charge in [-0.25, -0.2) is 0 Å². The predicted molar refractivity (Wildman–Crippen MR) is 78.3 cm³/mol. The van der Waals surface area contributed by atoms with Gasteiger partial charge < -0.3 is 25.7 Å². The number of nitrogens with zero attached hydrogens (tertiary/aromatic N) is 1. The molecular formula is C14H23N3O3. The maximum Gasteiger partial charge on any atom is 0.173 e. The summed E-state index contributed by atoms with van der Waals surface area (Å²) in [6.45, 7) is 6.14. The summed E-state index contributed by atoms with van der Waals surface area (Å²) < 4.78 is 10.6. The van der Waals surface area contributed by atoms with Gasteiger partial charge >= 0.3 is 0 Å². The van der Waals surface area contributed by atoms with E-state index in [-0.39, 0.29) is 11.9 Å². The van der Waals surface area contributed by atoms with Crippen LogP contribution >= 0.6 is 0 Å². The Hall–Kier alpha value is -1.79. The predicted octanol–water partition coefficient (Wildman–Crippen LogP) is 1.30. The molecule has 0 saturated carbocycles. The number of nitrogens with two attached hydrogens (primary N) is 1. The zero-order valence-corrected chi connectivity index (χ0v) is 12.2. The molecule has 6 heteroatoms. The molecule has 0 aliphatic rings. The Morgan fingerprint density at radius 3 is 2.85 bits per heavy atom. The molecule has 0 aromatic heterocycles. The van der Waals surface area contributed by atoms with Gasteiger partial charge in [0.15, 0.2) is 5.84 Å². The summed E-state index contributed by atoms with van der Waals surface area (Å²) in [4.78, 5) is 0.